The molecule has 0 aliphatic carbocycles. The quantitative estimate of drug-likeness (QED) is 0.0211. The van der Waals surface area contributed by atoms with Crippen LogP contribution in [0.5, 0.6) is 0 Å². The number of nitrogens with zero attached hydrogens (tertiary/aromatic N) is 1. The Morgan fingerprint density at radius 1 is 0.337 bits per heavy atom. The van der Waals surface area contributed by atoms with E-state index in [0.717, 1.165) is 103 Å². The molecule has 95 heavy (non-hydrogen) atoms. The van der Waals surface area contributed by atoms with Crippen LogP contribution < -0.4 is 0 Å². The number of phosphoric ester groups is 1. The van der Waals surface area contributed by atoms with Gasteiger partial charge in [-0.2, -0.15) is 0 Å². The highest BCUT2D eigenvalue weighted by molar-refractivity contribution is 7.47. The molecule has 0 aromatic heterocycles. The molecule has 0 saturated heterocycles. The third-order valence-electron chi connectivity index (χ3n) is 17.6. The normalized spacial score (nSPS) is 13.6. The van der Waals surface area contributed by atoms with Crippen molar-refractivity contribution in [2.75, 3.05) is 47.5 Å². The van der Waals surface area contributed by atoms with Gasteiger partial charge in [-0.25, -0.2) is 4.57 Å². The zero-order valence-electron chi connectivity index (χ0n) is 62.9. The number of quaternary nitrogens is 1. The summed E-state index contributed by atoms with van der Waals surface area (Å²) in [5.41, 5.74) is 0. The SMILES string of the molecule is CC/C=C\C/C=C\C/C=C\C/C=C\C/C=C\C/C=C\C/C=C\C/C=C\C/C=C\CCCCCCCCCCCCCC(=O)OC(COC(=O)CCCCCCCCCCCCCCCCCCCCCCCCCCCCCCCCCC)COP(=O)(O)OCC[N+](C)(C)C. The summed E-state index contributed by atoms with van der Waals surface area (Å²) in [6, 6.07) is 0. The summed E-state index contributed by atoms with van der Waals surface area (Å²) in [5, 5.41) is 0. The highest BCUT2D eigenvalue weighted by Gasteiger charge is 2.27. The smallest absolute Gasteiger partial charge is 0.462 e. The number of phosphoric acid groups is 1. The van der Waals surface area contributed by atoms with Crippen LogP contribution in [0, 0.1) is 0 Å². The van der Waals surface area contributed by atoms with Gasteiger partial charge in [0.2, 0.25) is 0 Å². The molecule has 0 radical (unpaired) electrons. The molecule has 550 valence electrons. The van der Waals surface area contributed by atoms with Gasteiger partial charge in [-0.05, 0) is 83.5 Å². The van der Waals surface area contributed by atoms with Crippen LogP contribution in [0.15, 0.2) is 109 Å². The first-order valence-electron chi connectivity index (χ1n) is 40.1. The van der Waals surface area contributed by atoms with Crippen LogP contribution in [0.2, 0.25) is 0 Å². The summed E-state index contributed by atoms with van der Waals surface area (Å²) in [4.78, 5) is 36.0. The van der Waals surface area contributed by atoms with E-state index >= 15 is 0 Å². The lowest BCUT2D eigenvalue weighted by Crippen LogP contribution is -2.37. The predicted octanol–water partition coefficient (Wildman–Crippen LogP) is 26.8. The fourth-order valence-electron chi connectivity index (χ4n) is 11.5. The fourth-order valence-corrected chi connectivity index (χ4v) is 12.2. The van der Waals surface area contributed by atoms with Gasteiger partial charge in [-0.15, -0.1) is 0 Å². The number of hydrogen-bond acceptors (Lipinski definition) is 7. The van der Waals surface area contributed by atoms with Crippen molar-refractivity contribution < 1.29 is 42.1 Å². The lowest BCUT2D eigenvalue weighted by Gasteiger charge is -2.24. The number of unbranched alkanes of at least 4 members (excludes halogenated alkanes) is 42. The molecule has 9 nitrogen and oxygen atoms in total. The summed E-state index contributed by atoms with van der Waals surface area (Å²) in [6.45, 7) is 4.37. The molecule has 10 heteroatoms. The van der Waals surface area contributed by atoms with Crippen molar-refractivity contribution in [1.29, 1.82) is 0 Å². The van der Waals surface area contributed by atoms with Gasteiger partial charge >= 0.3 is 19.8 Å². The van der Waals surface area contributed by atoms with Crippen LogP contribution in [0.1, 0.15) is 367 Å². The maximum atomic E-state index is 12.9. The number of allylic oxidation sites excluding steroid dienone is 18. The molecule has 0 rings (SSSR count). The van der Waals surface area contributed by atoms with Crippen molar-refractivity contribution in [2.45, 2.75) is 373 Å². The number of rotatable bonds is 74. The topological polar surface area (TPSA) is 108 Å². The Balaban J connectivity index is 4.00. The first kappa shape index (κ1) is 91.7. The van der Waals surface area contributed by atoms with Crippen molar-refractivity contribution >= 4 is 19.8 Å². The first-order chi connectivity index (χ1) is 46.5. The Morgan fingerprint density at radius 3 is 0.895 bits per heavy atom. The second-order valence-electron chi connectivity index (χ2n) is 28.1. The number of carbonyl (C=O) groups is 2. The maximum absolute atomic E-state index is 12.9. The summed E-state index contributed by atoms with van der Waals surface area (Å²) < 4.78 is 34.8. The van der Waals surface area contributed by atoms with Gasteiger partial charge in [0.15, 0.2) is 6.10 Å². The van der Waals surface area contributed by atoms with Crippen LogP contribution in [-0.4, -0.2) is 74.9 Å². The van der Waals surface area contributed by atoms with Gasteiger partial charge in [-0.1, -0.05) is 380 Å². The zero-order valence-corrected chi connectivity index (χ0v) is 63.8. The molecule has 0 aromatic rings. The Labute approximate surface area is 588 Å². The van der Waals surface area contributed by atoms with E-state index in [2.05, 4.69) is 123 Å². The van der Waals surface area contributed by atoms with Crippen molar-refractivity contribution in [3.05, 3.63) is 109 Å². The molecule has 2 atom stereocenters. The van der Waals surface area contributed by atoms with Crippen molar-refractivity contribution in [3.63, 3.8) is 0 Å². The van der Waals surface area contributed by atoms with Gasteiger partial charge in [0, 0.05) is 12.8 Å². The molecule has 0 aliphatic heterocycles. The summed E-state index contributed by atoms with van der Waals surface area (Å²) in [6.07, 6.45) is 107. The Kier molecular flexibility index (Phi) is 72.3. The standard InChI is InChI=1S/C85H152NO8P/c1-6-8-10-12-14-16-18-20-22-24-26-28-30-32-34-36-38-40-41-42-43-44-45-46-48-50-52-54-56-58-60-62-64-66-68-70-72-74-76-78-85(88)94-83(82-93-95(89,90)92-80-79-86(3,4)5)81-91-84(87)77-75-73-71-69-67-65-63-61-59-57-55-53-51-49-47-39-37-35-33-31-29-27-25-23-21-19-17-15-13-11-9-7-2/h8,10,14,16,20,22,26,28,32,34,38,40,42-43,45-46,50,52,83H,6-7,9,11-13,15,17-19,21,23-25,27,29-31,33,35-37,39,41,44,47-49,51,53-82H2,1-5H3/p+1/b10-8-,16-14-,22-20-,28-26-,34-32-,40-38-,43-42-,46-45-,52-50-. The fraction of sp³-hybridized carbons (Fsp3) is 0.765. The third-order valence-corrected chi connectivity index (χ3v) is 18.6. The Morgan fingerprint density at radius 2 is 0.600 bits per heavy atom. The van der Waals surface area contributed by atoms with Gasteiger partial charge in [0.25, 0.3) is 0 Å². The molecule has 1 N–H and O–H groups in total. The minimum Gasteiger partial charge on any atom is -0.462 e. The average Bonchev–Trinajstić information content (AvgIpc) is 2.18. The van der Waals surface area contributed by atoms with Crippen LogP contribution in [0.3, 0.4) is 0 Å². The number of hydrogen-bond donors (Lipinski definition) is 1. The molecule has 0 spiro atoms. The van der Waals surface area contributed by atoms with E-state index in [1.807, 2.05) is 21.1 Å². The van der Waals surface area contributed by atoms with E-state index < -0.39 is 26.5 Å². The van der Waals surface area contributed by atoms with Gasteiger partial charge in [-0.3, -0.25) is 18.6 Å². The van der Waals surface area contributed by atoms with E-state index in [-0.39, 0.29) is 32.0 Å². The predicted molar refractivity (Wildman–Crippen MR) is 413 cm³/mol. The summed E-state index contributed by atoms with van der Waals surface area (Å²) in [7, 11) is 1.48. The van der Waals surface area contributed by atoms with E-state index in [1.54, 1.807) is 0 Å². The molecular formula is C85H153NO8P+. The Hall–Kier alpha value is -3.33. The van der Waals surface area contributed by atoms with Crippen molar-refractivity contribution in [3.8, 4) is 0 Å². The molecule has 0 bridgehead atoms. The molecular weight excluding hydrogens is 1190 g/mol. The molecule has 2 unspecified atom stereocenters. The van der Waals surface area contributed by atoms with E-state index in [0.29, 0.717) is 17.4 Å². The maximum Gasteiger partial charge on any atom is 0.472 e. The average molecular weight is 1350 g/mol. The molecule has 0 aromatic carbocycles. The summed E-state index contributed by atoms with van der Waals surface area (Å²) in [5.74, 6) is -0.789. The lowest BCUT2D eigenvalue weighted by molar-refractivity contribution is -0.870. The molecule has 0 aliphatic rings. The largest absolute Gasteiger partial charge is 0.472 e. The van der Waals surface area contributed by atoms with Gasteiger partial charge in [0.1, 0.15) is 19.8 Å². The highest BCUT2D eigenvalue weighted by atomic mass is 31.2. The minimum atomic E-state index is -4.40. The van der Waals surface area contributed by atoms with E-state index in [9.17, 15) is 19.0 Å². The van der Waals surface area contributed by atoms with Crippen molar-refractivity contribution in [2.24, 2.45) is 0 Å². The van der Waals surface area contributed by atoms with Crippen LogP contribution in [0.4, 0.5) is 0 Å². The summed E-state index contributed by atoms with van der Waals surface area (Å²) >= 11 is 0. The molecule has 0 heterocycles. The molecule has 0 fully saturated rings. The second-order valence-corrected chi connectivity index (χ2v) is 29.5. The number of likely N-dealkylation sites (N-methyl/N-ethyl adjacent to an activating group) is 1. The minimum absolute atomic E-state index is 0.0290. The molecule has 0 amide bonds. The highest BCUT2D eigenvalue weighted by Crippen LogP contribution is 2.43. The monoisotopic (exact) mass is 1350 g/mol. The second kappa shape index (κ2) is 74.9. The van der Waals surface area contributed by atoms with Gasteiger partial charge < -0.3 is 18.9 Å². The van der Waals surface area contributed by atoms with E-state index in [4.69, 9.17) is 18.5 Å². The van der Waals surface area contributed by atoms with Crippen molar-refractivity contribution in [1.82, 2.24) is 0 Å². The third kappa shape index (κ3) is 79.5. The first-order valence-corrected chi connectivity index (χ1v) is 41.6. The Bertz CT molecular complexity index is 1970. The number of esters is 2. The van der Waals surface area contributed by atoms with E-state index in [1.165, 1.54) is 231 Å². The number of ether oxygens (including phenoxy) is 2. The molecule has 0 saturated carbocycles. The van der Waals surface area contributed by atoms with Crippen LogP contribution in [-0.2, 0) is 32.7 Å². The number of carbonyl (C=O) groups excluding carboxylic acids is 2. The van der Waals surface area contributed by atoms with Crippen LogP contribution >= 0.6 is 7.82 Å². The van der Waals surface area contributed by atoms with Crippen LogP contribution in [0.25, 0.3) is 0 Å². The lowest BCUT2D eigenvalue weighted by atomic mass is 10.0. The zero-order chi connectivity index (χ0) is 69.0. The van der Waals surface area contributed by atoms with Gasteiger partial charge in [0.05, 0.1) is 27.7 Å².